The number of epoxide rings is 1. The number of carbonyl (C=O) groups is 1. The van der Waals surface area contributed by atoms with Crippen molar-refractivity contribution in [1.29, 1.82) is 0 Å². The van der Waals surface area contributed by atoms with E-state index in [1.165, 1.54) is 5.56 Å². The van der Waals surface area contributed by atoms with Gasteiger partial charge in [0.15, 0.2) is 11.4 Å². The normalized spacial score (nSPS) is 41.1. The fraction of sp³-hybridized carbons (Fsp3) is 0.400. The molecule has 2 fully saturated rings. The maximum Gasteiger partial charge on any atom is 0.175 e. The summed E-state index contributed by atoms with van der Waals surface area (Å²) in [6.07, 6.45) is 3.11. The molecule has 0 N–H and O–H groups in total. The summed E-state index contributed by atoms with van der Waals surface area (Å²) >= 11 is 3.62. The smallest absolute Gasteiger partial charge is 0.175 e. The number of Topliss-reactive ketones (excluding diaryl/α,β-unsaturated/α-hetero) is 1. The molecule has 1 heterocycles. The summed E-state index contributed by atoms with van der Waals surface area (Å²) < 4.78 is 6.68. The molecule has 3 aliphatic carbocycles. The molecule has 1 spiro atoms. The van der Waals surface area contributed by atoms with Crippen LogP contribution in [0.25, 0.3) is 0 Å². The zero-order valence-electron chi connectivity index (χ0n) is 9.80. The number of rotatable bonds is 1. The minimum Gasteiger partial charge on any atom is -0.361 e. The van der Waals surface area contributed by atoms with E-state index in [0.29, 0.717) is 12.5 Å². The summed E-state index contributed by atoms with van der Waals surface area (Å²) in [6.45, 7) is 0.609. The van der Waals surface area contributed by atoms with E-state index in [1.807, 2.05) is 18.2 Å². The molecule has 0 aromatic heterocycles. The molecular formula is C15H13BrO2. The van der Waals surface area contributed by atoms with E-state index in [4.69, 9.17) is 4.74 Å². The first-order chi connectivity index (χ1) is 8.72. The molecule has 3 unspecified atom stereocenters. The second-order valence-electron chi connectivity index (χ2n) is 5.43. The molecule has 1 aromatic carbocycles. The number of hydrogen-bond acceptors (Lipinski definition) is 2. The van der Waals surface area contributed by atoms with Crippen molar-refractivity contribution < 1.29 is 9.53 Å². The number of allylic oxidation sites excluding steroid dienone is 1. The van der Waals surface area contributed by atoms with Gasteiger partial charge in [-0.3, -0.25) is 4.79 Å². The Labute approximate surface area is 114 Å². The summed E-state index contributed by atoms with van der Waals surface area (Å²) in [6, 6.07) is 10.4. The van der Waals surface area contributed by atoms with Crippen molar-refractivity contribution in [3.63, 3.8) is 0 Å². The number of carbonyl (C=O) groups excluding carboxylic acids is 1. The molecule has 4 atom stereocenters. The van der Waals surface area contributed by atoms with Gasteiger partial charge in [0.1, 0.15) is 0 Å². The maximum absolute atomic E-state index is 12.5. The topological polar surface area (TPSA) is 29.6 Å². The van der Waals surface area contributed by atoms with E-state index in [2.05, 4.69) is 34.1 Å². The van der Waals surface area contributed by atoms with Gasteiger partial charge in [-0.15, -0.1) is 0 Å². The van der Waals surface area contributed by atoms with Crippen LogP contribution in [-0.4, -0.2) is 18.0 Å². The Hall–Kier alpha value is -0.930. The predicted molar refractivity (Wildman–Crippen MR) is 71.5 cm³/mol. The van der Waals surface area contributed by atoms with Gasteiger partial charge in [-0.1, -0.05) is 52.3 Å². The molecule has 5 rings (SSSR count). The van der Waals surface area contributed by atoms with Gasteiger partial charge in [-0.05, 0) is 22.4 Å². The highest BCUT2D eigenvalue weighted by Crippen LogP contribution is 2.58. The van der Waals surface area contributed by atoms with E-state index < -0.39 is 5.60 Å². The van der Waals surface area contributed by atoms with Crippen LogP contribution in [0.2, 0.25) is 0 Å². The van der Waals surface area contributed by atoms with E-state index in [0.717, 1.165) is 10.9 Å². The van der Waals surface area contributed by atoms with Gasteiger partial charge in [0.05, 0.1) is 6.61 Å². The second kappa shape index (κ2) is 3.55. The molecular weight excluding hydrogens is 292 g/mol. The number of ether oxygens (including phenoxy) is 1. The van der Waals surface area contributed by atoms with E-state index >= 15 is 0 Å². The van der Waals surface area contributed by atoms with Crippen LogP contribution < -0.4 is 0 Å². The largest absolute Gasteiger partial charge is 0.361 e. The number of fused-ring (bicyclic) bond motifs is 1. The van der Waals surface area contributed by atoms with Crippen molar-refractivity contribution in [3.8, 4) is 0 Å². The van der Waals surface area contributed by atoms with Gasteiger partial charge in [0.25, 0.3) is 0 Å². The SMILES string of the molecule is O=C1C2C=C(Br)C(CC2c2ccccc2)[C@@]12CO2. The first-order valence-corrected chi connectivity index (χ1v) is 7.12. The third-order valence-electron chi connectivity index (χ3n) is 4.56. The summed E-state index contributed by atoms with van der Waals surface area (Å²) in [5.41, 5.74) is 0.802. The van der Waals surface area contributed by atoms with Crippen LogP contribution in [0.3, 0.4) is 0 Å². The van der Waals surface area contributed by atoms with Gasteiger partial charge >= 0.3 is 0 Å². The Morgan fingerprint density at radius 2 is 2.00 bits per heavy atom. The first kappa shape index (κ1) is 10.9. The molecule has 1 aromatic rings. The zero-order chi connectivity index (χ0) is 12.3. The Balaban J connectivity index is 1.77. The average Bonchev–Trinajstić information content (AvgIpc) is 3.18. The number of ketones is 1. The summed E-state index contributed by atoms with van der Waals surface area (Å²) in [5.74, 6) is 0.810. The summed E-state index contributed by atoms with van der Waals surface area (Å²) in [5, 5.41) is 0. The summed E-state index contributed by atoms with van der Waals surface area (Å²) in [7, 11) is 0. The Morgan fingerprint density at radius 1 is 1.28 bits per heavy atom. The number of benzene rings is 1. The van der Waals surface area contributed by atoms with Gasteiger partial charge < -0.3 is 4.74 Å². The van der Waals surface area contributed by atoms with Gasteiger partial charge in [-0.25, -0.2) is 0 Å². The second-order valence-corrected chi connectivity index (χ2v) is 6.34. The molecule has 0 radical (unpaired) electrons. The molecule has 92 valence electrons. The van der Waals surface area contributed by atoms with Crippen molar-refractivity contribution >= 4 is 21.7 Å². The van der Waals surface area contributed by atoms with Gasteiger partial charge in [0, 0.05) is 11.8 Å². The third kappa shape index (κ3) is 1.29. The first-order valence-electron chi connectivity index (χ1n) is 6.33. The molecule has 3 heteroatoms. The molecule has 1 saturated heterocycles. The molecule has 0 amide bonds. The monoisotopic (exact) mass is 304 g/mol. The number of hydrogen-bond donors (Lipinski definition) is 0. The lowest BCUT2D eigenvalue weighted by molar-refractivity contribution is -0.132. The predicted octanol–water partition coefficient (Wildman–Crippen LogP) is 3.04. The van der Waals surface area contributed by atoms with Crippen LogP contribution in [0.1, 0.15) is 17.9 Å². The summed E-state index contributed by atoms with van der Waals surface area (Å²) in [4.78, 5) is 12.5. The van der Waals surface area contributed by atoms with Gasteiger partial charge in [0.2, 0.25) is 0 Å². The maximum atomic E-state index is 12.5. The molecule has 1 aliphatic heterocycles. The highest BCUT2D eigenvalue weighted by Gasteiger charge is 2.66. The molecule has 18 heavy (non-hydrogen) atoms. The van der Waals surface area contributed by atoms with Crippen LogP contribution in [0.5, 0.6) is 0 Å². The third-order valence-corrected chi connectivity index (χ3v) is 5.38. The Bertz CT molecular complexity index is 545. The van der Waals surface area contributed by atoms with Crippen molar-refractivity contribution in [2.45, 2.75) is 17.9 Å². The highest BCUT2D eigenvalue weighted by atomic mass is 79.9. The van der Waals surface area contributed by atoms with Crippen LogP contribution >= 0.6 is 15.9 Å². The molecule has 2 bridgehead atoms. The lowest BCUT2D eigenvalue weighted by atomic mass is 9.61. The average molecular weight is 305 g/mol. The minimum absolute atomic E-state index is 0.0192. The van der Waals surface area contributed by atoms with Crippen LogP contribution in [0, 0.1) is 11.8 Å². The lowest BCUT2D eigenvalue weighted by Crippen LogP contribution is -2.49. The van der Waals surface area contributed by atoms with Crippen molar-refractivity contribution in [3.05, 3.63) is 46.5 Å². The van der Waals surface area contributed by atoms with Crippen molar-refractivity contribution in [1.82, 2.24) is 0 Å². The Kier molecular flexibility index (Phi) is 2.16. The Morgan fingerprint density at radius 3 is 2.67 bits per heavy atom. The van der Waals surface area contributed by atoms with Crippen LogP contribution in [0.4, 0.5) is 0 Å². The lowest BCUT2D eigenvalue weighted by Gasteiger charge is -2.42. The quantitative estimate of drug-likeness (QED) is 0.746. The zero-order valence-corrected chi connectivity index (χ0v) is 11.4. The fourth-order valence-electron chi connectivity index (χ4n) is 3.51. The van der Waals surface area contributed by atoms with Crippen molar-refractivity contribution in [2.24, 2.45) is 11.8 Å². The molecule has 1 saturated carbocycles. The van der Waals surface area contributed by atoms with E-state index in [-0.39, 0.29) is 17.6 Å². The number of halogens is 1. The van der Waals surface area contributed by atoms with E-state index in [1.54, 1.807) is 0 Å². The fourth-order valence-corrected chi connectivity index (χ4v) is 4.35. The van der Waals surface area contributed by atoms with Crippen LogP contribution in [-0.2, 0) is 9.53 Å². The minimum atomic E-state index is -0.469. The molecule has 4 aliphatic rings. The van der Waals surface area contributed by atoms with Crippen LogP contribution in [0.15, 0.2) is 40.9 Å². The standard InChI is InChI=1S/C15H13BrO2/c16-13-7-11-10(9-4-2-1-3-5-9)6-12(13)15(8-18-15)14(11)17/h1-5,7,10-12H,6,8H2/t10?,11?,12?,15-/m0/s1. The highest BCUT2D eigenvalue weighted by molar-refractivity contribution is 9.11. The van der Waals surface area contributed by atoms with E-state index in [9.17, 15) is 4.79 Å². The van der Waals surface area contributed by atoms with Crippen molar-refractivity contribution in [2.75, 3.05) is 6.61 Å². The molecule has 2 nitrogen and oxygen atoms in total. The van der Waals surface area contributed by atoms with Gasteiger partial charge in [-0.2, -0.15) is 0 Å².